The third-order valence-corrected chi connectivity index (χ3v) is 4.94. The Kier molecular flexibility index (Phi) is 4.92. The number of carbonyl (C=O) groups is 1. The van der Waals surface area contributed by atoms with Crippen LogP contribution < -0.4 is 0 Å². The molecule has 2 aromatic carbocycles. The van der Waals surface area contributed by atoms with Crippen molar-refractivity contribution in [2.75, 3.05) is 6.61 Å². The average molecular weight is 394 g/mol. The number of aromatic nitrogens is 3. The van der Waals surface area contributed by atoms with Crippen LogP contribution in [-0.4, -0.2) is 26.9 Å². The van der Waals surface area contributed by atoms with E-state index in [4.69, 9.17) is 21.4 Å². The standard InChI is InChI=1S/C22H20ClN3O2/c1-3-28-22(27)21-12-19(18-14-25(2)20-7-5-4-6-17(18)20)24-26(21)13-15-8-10-16(23)11-9-15/h4-12,14H,3,13H2,1-2H3. The molecule has 142 valence electrons. The quantitative estimate of drug-likeness (QED) is 0.452. The Labute approximate surface area is 168 Å². The largest absolute Gasteiger partial charge is 0.461 e. The number of rotatable bonds is 5. The van der Waals surface area contributed by atoms with Crippen LogP contribution in [0.1, 0.15) is 23.0 Å². The Morgan fingerprint density at radius 1 is 1.14 bits per heavy atom. The molecule has 6 heteroatoms. The third-order valence-electron chi connectivity index (χ3n) is 4.68. The van der Waals surface area contributed by atoms with Gasteiger partial charge in [0.15, 0.2) is 0 Å². The van der Waals surface area contributed by atoms with Crippen molar-refractivity contribution in [3.8, 4) is 11.3 Å². The van der Waals surface area contributed by atoms with E-state index in [-0.39, 0.29) is 5.97 Å². The molecule has 0 aliphatic heterocycles. The molecule has 4 rings (SSSR count). The van der Waals surface area contributed by atoms with Crippen LogP contribution in [0.4, 0.5) is 0 Å². The lowest BCUT2D eigenvalue weighted by Crippen LogP contribution is -2.14. The minimum absolute atomic E-state index is 0.314. The van der Waals surface area contributed by atoms with Gasteiger partial charge in [-0.05, 0) is 36.8 Å². The second-order valence-electron chi connectivity index (χ2n) is 6.59. The predicted octanol–water partition coefficient (Wildman–Crippen LogP) is 4.92. The Balaban J connectivity index is 1.80. The van der Waals surface area contributed by atoms with E-state index in [2.05, 4.69) is 16.7 Å². The molecule has 2 heterocycles. The van der Waals surface area contributed by atoms with Crippen molar-refractivity contribution in [1.29, 1.82) is 0 Å². The van der Waals surface area contributed by atoms with Crippen molar-refractivity contribution in [1.82, 2.24) is 14.3 Å². The van der Waals surface area contributed by atoms with E-state index in [9.17, 15) is 4.79 Å². The van der Waals surface area contributed by atoms with Gasteiger partial charge in [-0.1, -0.05) is 41.9 Å². The van der Waals surface area contributed by atoms with E-state index < -0.39 is 0 Å². The van der Waals surface area contributed by atoms with E-state index in [1.807, 2.05) is 49.6 Å². The summed E-state index contributed by atoms with van der Waals surface area (Å²) in [5, 5.41) is 6.50. The molecule has 0 unspecified atom stereocenters. The van der Waals surface area contributed by atoms with Gasteiger partial charge in [0, 0.05) is 34.7 Å². The summed E-state index contributed by atoms with van der Waals surface area (Å²) in [6.45, 7) is 2.56. The molecule has 0 aliphatic carbocycles. The number of aryl methyl sites for hydroxylation is 1. The fraction of sp³-hybridized carbons (Fsp3) is 0.182. The first-order chi connectivity index (χ1) is 13.6. The van der Waals surface area contributed by atoms with Gasteiger partial charge in [0.1, 0.15) is 5.69 Å². The fourth-order valence-electron chi connectivity index (χ4n) is 3.35. The number of ether oxygens (including phenoxy) is 1. The molecular weight excluding hydrogens is 374 g/mol. The van der Waals surface area contributed by atoms with E-state index >= 15 is 0 Å². The molecule has 4 aromatic rings. The minimum Gasteiger partial charge on any atom is -0.461 e. The Morgan fingerprint density at radius 2 is 1.89 bits per heavy atom. The molecule has 0 saturated heterocycles. The monoisotopic (exact) mass is 393 g/mol. The van der Waals surface area contributed by atoms with E-state index in [0.717, 1.165) is 27.7 Å². The number of carbonyl (C=O) groups excluding carboxylic acids is 1. The predicted molar refractivity (Wildman–Crippen MR) is 111 cm³/mol. The zero-order chi connectivity index (χ0) is 19.7. The van der Waals surface area contributed by atoms with Crippen LogP contribution in [-0.2, 0) is 18.3 Å². The Hall–Kier alpha value is -3.05. The summed E-state index contributed by atoms with van der Waals surface area (Å²) in [5.74, 6) is -0.379. The smallest absolute Gasteiger partial charge is 0.356 e. The second-order valence-corrected chi connectivity index (χ2v) is 7.03. The number of esters is 1. The second kappa shape index (κ2) is 7.52. The number of para-hydroxylation sites is 1. The van der Waals surface area contributed by atoms with Crippen LogP contribution in [0.15, 0.2) is 60.8 Å². The molecule has 0 amide bonds. The van der Waals surface area contributed by atoms with Gasteiger partial charge in [-0.2, -0.15) is 5.10 Å². The van der Waals surface area contributed by atoms with Crippen molar-refractivity contribution in [2.24, 2.45) is 7.05 Å². The molecule has 0 fully saturated rings. The number of hydrogen-bond acceptors (Lipinski definition) is 3. The molecule has 0 aliphatic rings. The highest BCUT2D eigenvalue weighted by Crippen LogP contribution is 2.30. The number of fused-ring (bicyclic) bond motifs is 1. The topological polar surface area (TPSA) is 49.1 Å². The summed E-state index contributed by atoms with van der Waals surface area (Å²) in [4.78, 5) is 12.5. The van der Waals surface area contributed by atoms with Gasteiger partial charge in [-0.25, -0.2) is 4.79 Å². The fourth-order valence-corrected chi connectivity index (χ4v) is 3.47. The zero-order valence-corrected chi connectivity index (χ0v) is 16.5. The minimum atomic E-state index is -0.379. The van der Waals surface area contributed by atoms with Crippen LogP contribution >= 0.6 is 11.6 Å². The van der Waals surface area contributed by atoms with Crippen LogP contribution in [0.25, 0.3) is 22.2 Å². The molecule has 2 aromatic heterocycles. The van der Waals surface area contributed by atoms with Crippen LogP contribution in [0, 0.1) is 0 Å². The van der Waals surface area contributed by atoms with Crippen LogP contribution in [0.3, 0.4) is 0 Å². The lowest BCUT2D eigenvalue weighted by molar-refractivity contribution is 0.0512. The van der Waals surface area contributed by atoms with Crippen molar-refractivity contribution < 1.29 is 9.53 Å². The van der Waals surface area contributed by atoms with Gasteiger partial charge in [-0.15, -0.1) is 0 Å². The summed E-state index contributed by atoms with van der Waals surface area (Å²) in [5.41, 5.74) is 4.28. The van der Waals surface area contributed by atoms with Crippen molar-refractivity contribution >= 4 is 28.5 Å². The van der Waals surface area contributed by atoms with Gasteiger partial charge >= 0.3 is 5.97 Å². The SMILES string of the molecule is CCOC(=O)c1cc(-c2cn(C)c3ccccc23)nn1Cc1ccc(Cl)cc1. The number of halogens is 1. The molecule has 0 atom stereocenters. The highest BCUT2D eigenvalue weighted by atomic mass is 35.5. The summed E-state index contributed by atoms with van der Waals surface area (Å²) in [7, 11) is 2.00. The maximum absolute atomic E-state index is 12.5. The molecule has 5 nitrogen and oxygen atoms in total. The van der Waals surface area contributed by atoms with Gasteiger partial charge < -0.3 is 9.30 Å². The molecule has 28 heavy (non-hydrogen) atoms. The summed E-state index contributed by atoms with van der Waals surface area (Å²) < 4.78 is 9.00. The normalized spacial score (nSPS) is 11.1. The number of benzene rings is 2. The van der Waals surface area contributed by atoms with E-state index in [0.29, 0.717) is 23.9 Å². The van der Waals surface area contributed by atoms with Crippen molar-refractivity contribution in [3.05, 3.63) is 77.1 Å². The van der Waals surface area contributed by atoms with Gasteiger partial charge in [0.2, 0.25) is 0 Å². The zero-order valence-electron chi connectivity index (χ0n) is 15.7. The van der Waals surface area contributed by atoms with Crippen molar-refractivity contribution in [2.45, 2.75) is 13.5 Å². The highest BCUT2D eigenvalue weighted by Gasteiger charge is 2.19. The Morgan fingerprint density at radius 3 is 2.64 bits per heavy atom. The van der Waals surface area contributed by atoms with Gasteiger partial charge in [0.25, 0.3) is 0 Å². The molecule has 0 radical (unpaired) electrons. The van der Waals surface area contributed by atoms with E-state index in [1.165, 1.54) is 0 Å². The first kappa shape index (κ1) is 18.3. The van der Waals surface area contributed by atoms with Gasteiger partial charge in [0.05, 0.1) is 18.8 Å². The lowest BCUT2D eigenvalue weighted by Gasteiger charge is -2.07. The number of hydrogen-bond donors (Lipinski definition) is 0. The maximum Gasteiger partial charge on any atom is 0.356 e. The summed E-state index contributed by atoms with van der Waals surface area (Å²) in [6.07, 6.45) is 2.04. The first-order valence-electron chi connectivity index (χ1n) is 9.10. The summed E-state index contributed by atoms with van der Waals surface area (Å²) >= 11 is 5.98. The highest BCUT2D eigenvalue weighted by molar-refractivity contribution is 6.30. The lowest BCUT2D eigenvalue weighted by atomic mass is 10.1. The van der Waals surface area contributed by atoms with Crippen LogP contribution in [0.2, 0.25) is 5.02 Å². The molecule has 0 saturated carbocycles. The number of nitrogens with zero attached hydrogens (tertiary/aromatic N) is 3. The molecule has 0 spiro atoms. The van der Waals surface area contributed by atoms with Crippen molar-refractivity contribution in [3.63, 3.8) is 0 Å². The third kappa shape index (κ3) is 3.41. The summed E-state index contributed by atoms with van der Waals surface area (Å²) in [6, 6.07) is 17.5. The average Bonchev–Trinajstić information content (AvgIpc) is 3.26. The first-order valence-corrected chi connectivity index (χ1v) is 9.48. The van der Waals surface area contributed by atoms with E-state index in [1.54, 1.807) is 17.7 Å². The maximum atomic E-state index is 12.5. The molecular formula is C22H20ClN3O2. The molecule has 0 N–H and O–H groups in total. The molecule has 0 bridgehead atoms. The Bertz CT molecular complexity index is 1140. The van der Waals surface area contributed by atoms with Gasteiger partial charge in [-0.3, -0.25) is 4.68 Å². The van der Waals surface area contributed by atoms with Crippen LogP contribution in [0.5, 0.6) is 0 Å².